The van der Waals surface area contributed by atoms with Gasteiger partial charge in [-0.3, -0.25) is 4.98 Å². The predicted molar refractivity (Wildman–Crippen MR) is 57.5 cm³/mol. The van der Waals surface area contributed by atoms with Gasteiger partial charge in [-0.1, -0.05) is 6.07 Å². The molecule has 82 valence electrons. The van der Waals surface area contributed by atoms with Gasteiger partial charge < -0.3 is 5.73 Å². The minimum atomic E-state index is -0.865. The van der Waals surface area contributed by atoms with Crippen LogP contribution in [-0.4, -0.2) is 4.98 Å². The molecule has 16 heavy (non-hydrogen) atoms. The van der Waals surface area contributed by atoms with E-state index in [0.717, 1.165) is 23.3 Å². The molecular formula is C12H10F2N2. The molecule has 1 aromatic carbocycles. The summed E-state index contributed by atoms with van der Waals surface area (Å²) in [7, 11) is 0. The third-order valence-corrected chi connectivity index (χ3v) is 2.28. The van der Waals surface area contributed by atoms with Crippen molar-refractivity contribution in [1.82, 2.24) is 4.98 Å². The molecule has 0 aliphatic carbocycles. The van der Waals surface area contributed by atoms with Crippen molar-refractivity contribution in [2.24, 2.45) is 5.73 Å². The van der Waals surface area contributed by atoms with Crippen molar-refractivity contribution in [3.05, 3.63) is 53.9 Å². The molecule has 0 bridgehead atoms. The van der Waals surface area contributed by atoms with Gasteiger partial charge >= 0.3 is 0 Å². The van der Waals surface area contributed by atoms with Crippen molar-refractivity contribution in [3.8, 4) is 11.1 Å². The van der Waals surface area contributed by atoms with Gasteiger partial charge in [0.1, 0.15) is 0 Å². The summed E-state index contributed by atoms with van der Waals surface area (Å²) in [5.41, 5.74) is 7.63. The van der Waals surface area contributed by atoms with Crippen LogP contribution in [0.3, 0.4) is 0 Å². The lowest BCUT2D eigenvalue weighted by atomic mass is 10.1. The van der Waals surface area contributed by atoms with E-state index in [0.29, 0.717) is 12.1 Å². The summed E-state index contributed by atoms with van der Waals surface area (Å²) < 4.78 is 25.8. The van der Waals surface area contributed by atoms with E-state index in [1.807, 2.05) is 0 Å². The minimum absolute atomic E-state index is 0.366. The molecule has 0 aliphatic rings. The Morgan fingerprint density at radius 3 is 2.50 bits per heavy atom. The number of nitrogens with two attached hydrogens (primary N) is 1. The second-order valence-corrected chi connectivity index (χ2v) is 3.41. The average Bonchev–Trinajstić information content (AvgIpc) is 2.33. The van der Waals surface area contributed by atoms with Gasteiger partial charge in [0.25, 0.3) is 0 Å². The highest BCUT2D eigenvalue weighted by Crippen LogP contribution is 2.21. The number of nitrogens with zero attached hydrogens (tertiary/aromatic N) is 1. The van der Waals surface area contributed by atoms with Crippen LogP contribution in [0.5, 0.6) is 0 Å². The van der Waals surface area contributed by atoms with Gasteiger partial charge in [-0.2, -0.15) is 0 Å². The first-order chi connectivity index (χ1) is 7.70. The number of hydrogen-bond acceptors (Lipinski definition) is 2. The lowest BCUT2D eigenvalue weighted by molar-refractivity contribution is 0.509. The highest BCUT2D eigenvalue weighted by atomic mass is 19.2. The predicted octanol–water partition coefficient (Wildman–Crippen LogP) is 2.49. The maximum absolute atomic E-state index is 13.0. The number of halogens is 2. The van der Waals surface area contributed by atoms with Gasteiger partial charge in [0.2, 0.25) is 0 Å². The third kappa shape index (κ3) is 2.06. The monoisotopic (exact) mass is 220 g/mol. The molecule has 0 saturated carbocycles. The molecule has 0 saturated heterocycles. The summed E-state index contributed by atoms with van der Waals surface area (Å²) in [6.07, 6.45) is 3.23. The first kappa shape index (κ1) is 10.7. The normalized spacial score (nSPS) is 10.4. The van der Waals surface area contributed by atoms with Crippen molar-refractivity contribution in [1.29, 1.82) is 0 Å². The molecule has 4 heteroatoms. The van der Waals surface area contributed by atoms with Crippen LogP contribution in [0.15, 0.2) is 36.7 Å². The number of hydrogen-bond donors (Lipinski definition) is 1. The molecule has 2 rings (SSSR count). The van der Waals surface area contributed by atoms with Crippen LogP contribution in [0.4, 0.5) is 8.78 Å². The summed E-state index contributed by atoms with van der Waals surface area (Å²) >= 11 is 0. The fourth-order valence-corrected chi connectivity index (χ4v) is 1.43. The van der Waals surface area contributed by atoms with Gasteiger partial charge in [-0.05, 0) is 29.3 Å². The van der Waals surface area contributed by atoms with E-state index in [9.17, 15) is 8.78 Å². The summed E-state index contributed by atoms with van der Waals surface area (Å²) in [6, 6.07) is 5.56. The molecule has 0 amide bonds. The van der Waals surface area contributed by atoms with E-state index in [4.69, 9.17) is 5.73 Å². The number of rotatable bonds is 2. The Morgan fingerprint density at radius 2 is 1.81 bits per heavy atom. The van der Waals surface area contributed by atoms with E-state index in [2.05, 4.69) is 4.98 Å². The molecule has 2 aromatic rings. The smallest absolute Gasteiger partial charge is 0.159 e. The summed E-state index contributed by atoms with van der Waals surface area (Å²) in [5, 5.41) is 0. The van der Waals surface area contributed by atoms with E-state index >= 15 is 0 Å². The van der Waals surface area contributed by atoms with Gasteiger partial charge in [0.05, 0.1) is 0 Å². The molecule has 2 N–H and O–H groups in total. The quantitative estimate of drug-likeness (QED) is 0.844. The van der Waals surface area contributed by atoms with Crippen LogP contribution in [0.1, 0.15) is 5.56 Å². The zero-order chi connectivity index (χ0) is 11.5. The number of aromatic nitrogens is 1. The molecule has 0 fully saturated rings. The Bertz CT molecular complexity index is 512. The van der Waals surface area contributed by atoms with E-state index < -0.39 is 11.6 Å². The Balaban J connectivity index is 2.46. The zero-order valence-electron chi connectivity index (χ0n) is 8.45. The molecule has 1 aromatic heterocycles. The molecule has 0 atom stereocenters. The van der Waals surface area contributed by atoms with E-state index in [1.165, 1.54) is 6.07 Å². The second-order valence-electron chi connectivity index (χ2n) is 3.41. The lowest BCUT2D eigenvalue weighted by Gasteiger charge is -2.03. The molecule has 0 spiro atoms. The van der Waals surface area contributed by atoms with Crippen LogP contribution in [-0.2, 0) is 6.54 Å². The summed E-state index contributed by atoms with van der Waals surface area (Å²) in [6.45, 7) is 0.366. The summed E-state index contributed by atoms with van der Waals surface area (Å²) in [4.78, 5) is 3.99. The Morgan fingerprint density at radius 1 is 1.00 bits per heavy atom. The van der Waals surface area contributed by atoms with Crippen molar-refractivity contribution in [2.45, 2.75) is 6.54 Å². The molecule has 0 aliphatic heterocycles. The van der Waals surface area contributed by atoms with Crippen molar-refractivity contribution >= 4 is 0 Å². The van der Waals surface area contributed by atoms with Crippen LogP contribution in [0, 0.1) is 11.6 Å². The standard InChI is InChI=1S/C12H10F2N2/c13-11-2-1-9(4-12(11)14)10-3-8(5-15)6-16-7-10/h1-4,6-7H,5,15H2. The van der Waals surface area contributed by atoms with E-state index in [1.54, 1.807) is 18.5 Å². The van der Waals surface area contributed by atoms with Gasteiger partial charge in [0, 0.05) is 24.5 Å². The van der Waals surface area contributed by atoms with Crippen LogP contribution >= 0.6 is 0 Å². The second kappa shape index (κ2) is 4.37. The molecule has 0 radical (unpaired) electrons. The van der Waals surface area contributed by atoms with Crippen LogP contribution < -0.4 is 5.73 Å². The minimum Gasteiger partial charge on any atom is -0.326 e. The fraction of sp³-hybridized carbons (Fsp3) is 0.0833. The van der Waals surface area contributed by atoms with Crippen molar-refractivity contribution in [3.63, 3.8) is 0 Å². The van der Waals surface area contributed by atoms with E-state index in [-0.39, 0.29) is 0 Å². The third-order valence-electron chi connectivity index (χ3n) is 2.28. The number of benzene rings is 1. The van der Waals surface area contributed by atoms with Gasteiger partial charge in [0.15, 0.2) is 11.6 Å². The van der Waals surface area contributed by atoms with Crippen molar-refractivity contribution in [2.75, 3.05) is 0 Å². The Kier molecular flexibility index (Phi) is 2.92. The fourth-order valence-electron chi connectivity index (χ4n) is 1.43. The number of pyridine rings is 1. The Labute approximate surface area is 91.7 Å². The zero-order valence-corrected chi connectivity index (χ0v) is 8.45. The molecular weight excluding hydrogens is 210 g/mol. The van der Waals surface area contributed by atoms with Crippen molar-refractivity contribution < 1.29 is 8.78 Å². The highest BCUT2D eigenvalue weighted by molar-refractivity contribution is 5.63. The average molecular weight is 220 g/mol. The first-order valence-electron chi connectivity index (χ1n) is 4.80. The van der Waals surface area contributed by atoms with Crippen LogP contribution in [0.25, 0.3) is 11.1 Å². The van der Waals surface area contributed by atoms with Gasteiger partial charge in [-0.15, -0.1) is 0 Å². The molecule has 1 heterocycles. The topological polar surface area (TPSA) is 38.9 Å². The molecule has 0 unspecified atom stereocenters. The lowest BCUT2D eigenvalue weighted by Crippen LogP contribution is -1.97. The first-order valence-corrected chi connectivity index (χ1v) is 4.80. The Hall–Kier alpha value is -1.81. The highest BCUT2D eigenvalue weighted by Gasteiger charge is 2.05. The SMILES string of the molecule is NCc1cncc(-c2ccc(F)c(F)c2)c1. The largest absolute Gasteiger partial charge is 0.326 e. The van der Waals surface area contributed by atoms with Crippen LogP contribution in [0.2, 0.25) is 0 Å². The maximum Gasteiger partial charge on any atom is 0.159 e. The maximum atomic E-state index is 13.0. The van der Waals surface area contributed by atoms with Gasteiger partial charge in [-0.25, -0.2) is 8.78 Å². The summed E-state index contributed by atoms with van der Waals surface area (Å²) in [5.74, 6) is -1.72. The molecule has 2 nitrogen and oxygen atoms in total.